The normalized spacial score (nSPS) is 14.1. The summed E-state index contributed by atoms with van der Waals surface area (Å²) in [7, 11) is 1.49. The SMILES string of the molecule is CN(CCO)C(=O)c1nc(-c2nn(Cc3ncccc3F)c3ncc(F)cc23)nc2c1C(C)(C)C(=O)N2. The van der Waals surface area contributed by atoms with Crippen LogP contribution in [0.3, 0.4) is 0 Å². The van der Waals surface area contributed by atoms with E-state index in [0.717, 1.165) is 6.20 Å². The van der Waals surface area contributed by atoms with E-state index in [2.05, 4.69) is 30.4 Å². The minimum absolute atomic E-state index is 0.0388. The average molecular weight is 508 g/mol. The number of rotatable bonds is 6. The number of hydrogen-bond donors (Lipinski definition) is 2. The van der Waals surface area contributed by atoms with Gasteiger partial charge in [0.15, 0.2) is 11.5 Å². The highest BCUT2D eigenvalue weighted by Crippen LogP contribution is 2.40. The molecular formula is C24H22F2N8O3. The van der Waals surface area contributed by atoms with E-state index >= 15 is 0 Å². The lowest BCUT2D eigenvalue weighted by atomic mass is 9.85. The van der Waals surface area contributed by atoms with E-state index in [0.29, 0.717) is 5.56 Å². The Kier molecular flexibility index (Phi) is 5.86. The number of aliphatic hydroxyl groups excluding tert-OH is 1. The van der Waals surface area contributed by atoms with Gasteiger partial charge in [-0.25, -0.2) is 28.4 Å². The van der Waals surface area contributed by atoms with E-state index in [-0.39, 0.29) is 65.4 Å². The van der Waals surface area contributed by atoms with E-state index in [1.165, 1.54) is 41.0 Å². The molecule has 1 aliphatic rings. The van der Waals surface area contributed by atoms with Gasteiger partial charge in [-0.15, -0.1) is 0 Å². The third-order valence-corrected chi connectivity index (χ3v) is 6.22. The lowest BCUT2D eigenvalue weighted by molar-refractivity contribution is -0.119. The summed E-state index contributed by atoms with van der Waals surface area (Å²) in [5.74, 6) is -2.04. The van der Waals surface area contributed by atoms with Crippen LogP contribution in [-0.2, 0) is 16.8 Å². The lowest BCUT2D eigenvalue weighted by Gasteiger charge is -2.21. The first-order valence-electron chi connectivity index (χ1n) is 11.3. The van der Waals surface area contributed by atoms with Gasteiger partial charge in [0.25, 0.3) is 5.91 Å². The molecule has 190 valence electrons. The van der Waals surface area contributed by atoms with Gasteiger partial charge in [0.05, 0.1) is 35.8 Å². The van der Waals surface area contributed by atoms with Crippen LogP contribution in [0.2, 0.25) is 0 Å². The molecule has 13 heteroatoms. The zero-order valence-electron chi connectivity index (χ0n) is 20.2. The van der Waals surface area contributed by atoms with Crippen molar-refractivity contribution < 1.29 is 23.5 Å². The third kappa shape index (κ3) is 4.06. The van der Waals surface area contributed by atoms with Gasteiger partial charge in [-0.2, -0.15) is 5.10 Å². The number of fused-ring (bicyclic) bond motifs is 2. The first-order valence-corrected chi connectivity index (χ1v) is 11.3. The first kappa shape index (κ1) is 24.3. The molecular weight excluding hydrogens is 486 g/mol. The Morgan fingerprint density at radius 3 is 2.76 bits per heavy atom. The molecule has 0 spiro atoms. The van der Waals surface area contributed by atoms with Gasteiger partial charge in [0, 0.05) is 25.4 Å². The summed E-state index contributed by atoms with van der Waals surface area (Å²) in [5, 5.41) is 16.7. The number of likely N-dealkylation sites (N-methyl/N-ethyl adjacent to an activating group) is 1. The highest BCUT2D eigenvalue weighted by atomic mass is 19.1. The molecule has 5 rings (SSSR count). The number of amides is 2. The number of halogens is 2. The summed E-state index contributed by atoms with van der Waals surface area (Å²) in [6.45, 7) is 2.95. The maximum atomic E-state index is 14.3. The molecule has 0 bridgehead atoms. The van der Waals surface area contributed by atoms with E-state index in [4.69, 9.17) is 0 Å². The average Bonchev–Trinajstić information content (AvgIpc) is 3.32. The number of carbonyl (C=O) groups excluding carboxylic acids is 2. The maximum Gasteiger partial charge on any atom is 0.272 e. The highest BCUT2D eigenvalue weighted by molar-refractivity contribution is 6.09. The van der Waals surface area contributed by atoms with E-state index < -0.39 is 23.0 Å². The molecule has 1 aliphatic heterocycles. The standard InChI is InChI=1S/C24H22F2N8O3/c1-24(2)16-18(22(36)33(3)7-8-35)29-20(30-19(16)31-23(24)37)17-13-9-12(25)10-28-21(13)34(32-17)11-15-14(26)5-4-6-27-15/h4-6,9-10,35H,7-8,11H2,1-3H3,(H,29,30,31,37). The fourth-order valence-corrected chi connectivity index (χ4v) is 4.20. The topological polar surface area (TPSA) is 139 Å². The quantitative estimate of drug-likeness (QED) is 0.403. The van der Waals surface area contributed by atoms with Crippen molar-refractivity contribution in [3.8, 4) is 11.5 Å². The molecule has 4 aromatic heterocycles. The number of hydrogen-bond acceptors (Lipinski definition) is 8. The second-order valence-corrected chi connectivity index (χ2v) is 9.11. The van der Waals surface area contributed by atoms with Crippen LogP contribution < -0.4 is 5.32 Å². The molecule has 0 saturated carbocycles. The first-order chi connectivity index (χ1) is 17.6. The van der Waals surface area contributed by atoms with Crippen LogP contribution >= 0.6 is 0 Å². The van der Waals surface area contributed by atoms with Gasteiger partial charge in [-0.1, -0.05) is 0 Å². The van der Waals surface area contributed by atoms with Gasteiger partial charge in [-0.3, -0.25) is 14.6 Å². The number of aliphatic hydroxyl groups is 1. The highest BCUT2D eigenvalue weighted by Gasteiger charge is 2.44. The number of pyridine rings is 2. The van der Waals surface area contributed by atoms with Crippen LogP contribution in [0.5, 0.6) is 0 Å². The van der Waals surface area contributed by atoms with Gasteiger partial charge < -0.3 is 15.3 Å². The Morgan fingerprint density at radius 2 is 2.03 bits per heavy atom. The molecule has 0 atom stereocenters. The van der Waals surface area contributed by atoms with Crippen molar-refractivity contribution in [2.45, 2.75) is 25.8 Å². The Balaban J connectivity index is 1.72. The van der Waals surface area contributed by atoms with Crippen LogP contribution in [0.1, 0.15) is 35.6 Å². The van der Waals surface area contributed by atoms with Crippen molar-refractivity contribution in [3.05, 3.63) is 59.2 Å². The Labute approximate surface area is 209 Å². The lowest BCUT2D eigenvalue weighted by Crippen LogP contribution is -2.34. The molecule has 4 aromatic rings. The molecule has 0 aliphatic carbocycles. The molecule has 5 heterocycles. The molecule has 0 radical (unpaired) electrons. The Bertz CT molecular complexity index is 1570. The minimum Gasteiger partial charge on any atom is -0.395 e. The molecule has 0 unspecified atom stereocenters. The predicted molar refractivity (Wildman–Crippen MR) is 128 cm³/mol. The molecule has 0 aromatic carbocycles. The van der Waals surface area contributed by atoms with Crippen molar-refractivity contribution in [2.24, 2.45) is 0 Å². The molecule has 2 N–H and O–H groups in total. The summed E-state index contributed by atoms with van der Waals surface area (Å²) in [4.78, 5) is 44.4. The summed E-state index contributed by atoms with van der Waals surface area (Å²) < 4.78 is 29.9. The van der Waals surface area contributed by atoms with Crippen LogP contribution in [0, 0.1) is 11.6 Å². The van der Waals surface area contributed by atoms with Gasteiger partial charge in [0.1, 0.15) is 28.8 Å². The summed E-state index contributed by atoms with van der Waals surface area (Å²) in [5.41, 5.74) is -0.458. The van der Waals surface area contributed by atoms with Crippen molar-refractivity contribution in [2.75, 3.05) is 25.5 Å². The molecule has 0 saturated heterocycles. The zero-order valence-corrected chi connectivity index (χ0v) is 20.2. The third-order valence-electron chi connectivity index (χ3n) is 6.22. The number of nitrogens with one attached hydrogen (secondary N) is 1. The van der Waals surface area contributed by atoms with E-state index in [9.17, 15) is 23.5 Å². The van der Waals surface area contributed by atoms with E-state index in [1.54, 1.807) is 13.8 Å². The Morgan fingerprint density at radius 1 is 1.24 bits per heavy atom. The van der Waals surface area contributed by atoms with Gasteiger partial charge in [-0.05, 0) is 32.0 Å². The maximum absolute atomic E-state index is 14.3. The monoisotopic (exact) mass is 508 g/mol. The fraction of sp³-hybridized carbons (Fsp3) is 0.292. The van der Waals surface area contributed by atoms with Crippen molar-refractivity contribution in [1.29, 1.82) is 0 Å². The van der Waals surface area contributed by atoms with Gasteiger partial charge in [0.2, 0.25) is 5.91 Å². The summed E-state index contributed by atoms with van der Waals surface area (Å²) >= 11 is 0. The second kappa shape index (κ2) is 8.92. The summed E-state index contributed by atoms with van der Waals surface area (Å²) in [6.07, 6.45) is 2.44. The molecule has 11 nitrogen and oxygen atoms in total. The van der Waals surface area contributed by atoms with Crippen LogP contribution in [-0.4, -0.2) is 71.7 Å². The van der Waals surface area contributed by atoms with E-state index in [1.807, 2.05) is 0 Å². The number of anilines is 1. The molecule has 37 heavy (non-hydrogen) atoms. The van der Waals surface area contributed by atoms with Crippen LogP contribution in [0.15, 0.2) is 30.6 Å². The summed E-state index contributed by atoms with van der Waals surface area (Å²) in [6, 6.07) is 3.91. The fourth-order valence-electron chi connectivity index (χ4n) is 4.20. The Hall–Kier alpha value is -4.39. The van der Waals surface area contributed by atoms with Crippen LogP contribution in [0.4, 0.5) is 14.6 Å². The molecule has 0 fully saturated rings. The molecule has 2 amide bonds. The number of nitrogens with zero attached hydrogens (tertiary/aromatic N) is 7. The van der Waals surface area contributed by atoms with Crippen molar-refractivity contribution >= 4 is 28.7 Å². The van der Waals surface area contributed by atoms with Crippen molar-refractivity contribution in [3.63, 3.8) is 0 Å². The second-order valence-electron chi connectivity index (χ2n) is 9.11. The minimum atomic E-state index is -1.11. The number of carbonyl (C=O) groups is 2. The number of aromatic nitrogens is 6. The zero-order chi connectivity index (χ0) is 26.5. The van der Waals surface area contributed by atoms with Crippen LogP contribution in [0.25, 0.3) is 22.6 Å². The van der Waals surface area contributed by atoms with Gasteiger partial charge >= 0.3 is 0 Å². The predicted octanol–water partition coefficient (Wildman–Crippen LogP) is 1.90. The smallest absolute Gasteiger partial charge is 0.272 e. The largest absolute Gasteiger partial charge is 0.395 e. The van der Waals surface area contributed by atoms with Crippen molar-refractivity contribution in [1.82, 2.24) is 34.6 Å².